The molecule has 0 bridgehead atoms. The van der Waals surface area contributed by atoms with Crippen molar-refractivity contribution in [3.8, 4) is 17.2 Å². The monoisotopic (exact) mass is 331 g/mol. The molecule has 0 saturated carbocycles. The minimum Gasteiger partial charge on any atom is -0.491 e. The number of nitrogens with zero attached hydrogens (tertiary/aromatic N) is 1. The average Bonchev–Trinajstić information content (AvgIpc) is 3.24. The number of rotatable bonds is 0. The predicted molar refractivity (Wildman–Crippen MR) is 90.9 cm³/mol. The van der Waals surface area contributed by atoms with Crippen LogP contribution in [0.15, 0.2) is 48.7 Å². The lowest BCUT2D eigenvalue weighted by atomic mass is 9.76. The minimum atomic E-state index is -0.836. The molecule has 25 heavy (non-hydrogen) atoms. The molecule has 5 nitrogen and oxygen atoms in total. The Kier molecular flexibility index (Phi) is 2.23. The summed E-state index contributed by atoms with van der Waals surface area (Å²) in [6, 6.07) is 9.76. The van der Waals surface area contributed by atoms with E-state index in [-0.39, 0.29) is 19.3 Å². The number of amides is 1. The lowest BCUT2D eigenvalue weighted by Crippen LogP contribution is -2.40. The minimum absolute atomic E-state index is 0.00696. The van der Waals surface area contributed by atoms with Crippen molar-refractivity contribution in [3.63, 3.8) is 0 Å². The van der Waals surface area contributed by atoms with Crippen LogP contribution in [0.1, 0.15) is 16.7 Å². The van der Waals surface area contributed by atoms with Gasteiger partial charge >= 0.3 is 0 Å². The van der Waals surface area contributed by atoms with Gasteiger partial charge in [-0.1, -0.05) is 30.4 Å². The molecule has 1 unspecified atom stereocenters. The highest BCUT2D eigenvalue weighted by atomic mass is 16.7. The standard InChI is InChI=1S/C20H13NO4/c22-19-20(10-23-15-9-17-16(8-14(15)20)24-11-25-17)13-6-3-5-12-4-1-2-7-21(19)18(12)13/h1-9H,10-11H2. The van der Waals surface area contributed by atoms with Crippen molar-refractivity contribution in [2.45, 2.75) is 5.41 Å². The Hall–Kier alpha value is -3.21. The van der Waals surface area contributed by atoms with Crippen molar-refractivity contribution in [1.82, 2.24) is 0 Å². The van der Waals surface area contributed by atoms with Gasteiger partial charge < -0.3 is 14.2 Å². The molecule has 0 aliphatic carbocycles. The number of allylic oxidation sites excluding steroid dienone is 2. The van der Waals surface area contributed by atoms with Gasteiger partial charge in [0.1, 0.15) is 17.8 Å². The Balaban J connectivity index is 1.67. The SMILES string of the molecule is O=C1N2C=CC=Cc3cccc(c32)C12COc1cc3c(cc12)OCO3. The van der Waals surface area contributed by atoms with E-state index in [1.807, 2.05) is 54.8 Å². The third-order valence-electron chi connectivity index (χ3n) is 5.35. The maximum absolute atomic E-state index is 13.5. The van der Waals surface area contributed by atoms with E-state index >= 15 is 0 Å². The quantitative estimate of drug-likeness (QED) is 0.745. The van der Waals surface area contributed by atoms with E-state index in [1.54, 1.807) is 4.90 Å². The fraction of sp³-hybridized carbons (Fsp3) is 0.150. The number of ether oxygens (including phenoxy) is 3. The molecule has 0 N–H and O–H groups in total. The van der Waals surface area contributed by atoms with Crippen molar-refractivity contribution < 1.29 is 19.0 Å². The molecule has 1 spiro atoms. The molecule has 0 saturated heterocycles. The summed E-state index contributed by atoms with van der Waals surface area (Å²) in [5.41, 5.74) is 2.95. The molecule has 4 aliphatic rings. The summed E-state index contributed by atoms with van der Waals surface area (Å²) >= 11 is 0. The molecule has 122 valence electrons. The van der Waals surface area contributed by atoms with Crippen LogP contribution in [-0.4, -0.2) is 19.3 Å². The van der Waals surface area contributed by atoms with Gasteiger partial charge in [-0.2, -0.15) is 0 Å². The molecule has 6 rings (SSSR count). The summed E-state index contributed by atoms with van der Waals surface area (Å²) in [5.74, 6) is 2.02. The van der Waals surface area contributed by atoms with E-state index in [0.717, 1.165) is 22.4 Å². The average molecular weight is 331 g/mol. The van der Waals surface area contributed by atoms with E-state index in [4.69, 9.17) is 14.2 Å². The number of para-hydroxylation sites is 1. The van der Waals surface area contributed by atoms with Crippen LogP contribution in [0.2, 0.25) is 0 Å². The maximum Gasteiger partial charge on any atom is 0.249 e. The normalized spacial score (nSPS) is 23.7. The Bertz CT molecular complexity index is 1020. The molecular formula is C20H13NO4. The van der Waals surface area contributed by atoms with Crippen LogP contribution in [0, 0.1) is 0 Å². The van der Waals surface area contributed by atoms with E-state index in [9.17, 15) is 4.79 Å². The van der Waals surface area contributed by atoms with Crippen molar-refractivity contribution in [2.75, 3.05) is 18.3 Å². The summed E-state index contributed by atoms with van der Waals surface area (Å²) < 4.78 is 16.9. The van der Waals surface area contributed by atoms with Crippen LogP contribution in [0.4, 0.5) is 5.69 Å². The van der Waals surface area contributed by atoms with Gasteiger partial charge in [0.15, 0.2) is 11.5 Å². The Labute approximate surface area is 143 Å². The second-order valence-corrected chi connectivity index (χ2v) is 6.51. The smallest absolute Gasteiger partial charge is 0.249 e. The van der Waals surface area contributed by atoms with Gasteiger partial charge in [-0.25, -0.2) is 0 Å². The lowest BCUT2D eigenvalue weighted by Gasteiger charge is -2.21. The molecule has 2 aromatic rings. The predicted octanol–water partition coefficient (Wildman–Crippen LogP) is 2.98. The number of carbonyl (C=O) groups excluding carboxylic acids is 1. The van der Waals surface area contributed by atoms with Gasteiger partial charge in [-0.3, -0.25) is 9.69 Å². The fourth-order valence-corrected chi connectivity index (χ4v) is 4.21. The van der Waals surface area contributed by atoms with E-state index in [2.05, 4.69) is 0 Å². The number of hydrogen-bond donors (Lipinski definition) is 0. The highest BCUT2D eigenvalue weighted by molar-refractivity contribution is 6.14. The van der Waals surface area contributed by atoms with Crippen molar-refractivity contribution in [3.05, 3.63) is 65.4 Å². The van der Waals surface area contributed by atoms with Crippen molar-refractivity contribution in [1.29, 1.82) is 0 Å². The largest absolute Gasteiger partial charge is 0.491 e. The zero-order valence-corrected chi connectivity index (χ0v) is 13.2. The first-order valence-electron chi connectivity index (χ1n) is 8.18. The van der Waals surface area contributed by atoms with Gasteiger partial charge in [0.25, 0.3) is 0 Å². The Morgan fingerprint density at radius 1 is 0.960 bits per heavy atom. The molecule has 4 heterocycles. The summed E-state index contributed by atoms with van der Waals surface area (Å²) in [6.07, 6.45) is 7.69. The van der Waals surface area contributed by atoms with Gasteiger partial charge in [0.2, 0.25) is 12.7 Å². The van der Waals surface area contributed by atoms with E-state index < -0.39 is 5.41 Å². The molecular weight excluding hydrogens is 318 g/mol. The number of fused-ring (bicyclic) bond motifs is 4. The van der Waals surface area contributed by atoms with Gasteiger partial charge in [0, 0.05) is 23.4 Å². The van der Waals surface area contributed by atoms with Crippen LogP contribution in [0.5, 0.6) is 17.2 Å². The first-order chi connectivity index (χ1) is 12.3. The van der Waals surface area contributed by atoms with Crippen LogP contribution in [-0.2, 0) is 10.2 Å². The van der Waals surface area contributed by atoms with Crippen LogP contribution >= 0.6 is 0 Å². The van der Waals surface area contributed by atoms with Crippen LogP contribution < -0.4 is 19.1 Å². The maximum atomic E-state index is 13.5. The zero-order valence-electron chi connectivity index (χ0n) is 13.2. The topological polar surface area (TPSA) is 48.0 Å². The summed E-state index contributed by atoms with van der Waals surface area (Å²) in [5, 5.41) is 0. The number of carbonyl (C=O) groups is 1. The first kappa shape index (κ1) is 13.1. The number of hydrogen-bond acceptors (Lipinski definition) is 4. The van der Waals surface area contributed by atoms with E-state index in [0.29, 0.717) is 17.2 Å². The Morgan fingerprint density at radius 3 is 2.76 bits per heavy atom. The molecule has 1 amide bonds. The summed E-state index contributed by atoms with van der Waals surface area (Å²) in [4.78, 5) is 15.3. The molecule has 1 atom stereocenters. The van der Waals surface area contributed by atoms with Crippen molar-refractivity contribution >= 4 is 17.7 Å². The van der Waals surface area contributed by atoms with E-state index in [1.165, 1.54) is 0 Å². The molecule has 4 aliphatic heterocycles. The third-order valence-corrected chi connectivity index (χ3v) is 5.35. The van der Waals surface area contributed by atoms with Gasteiger partial charge in [0.05, 0.1) is 5.69 Å². The number of anilines is 1. The highest BCUT2D eigenvalue weighted by Crippen LogP contribution is 2.56. The summed E-state index contributed by atoms with van der Waals surface area (Å²) in [6.45, 7) is 0.480. The zero-order chi connectivity index (χ0) is 16.6. The molecule has 0 fully saturated rings. The summed E-state index contributed by atoms with van der Waals surface area (Å²) in [7, 11) is 0. The van der Waals surface area contributed by atoms with Gasteiger partial charge in [-0.05, 0) is 17.7 Å². The molecule has 0 aromatic heterocycles. The fourth-order valence-electron chi connectivity index (χ4n) is 4.21. The van der Waals surface area contributed by atoms with Crippen LogP contribution in [0.3, 0.4) is 0 Å². The second kappa shape index (κ2) is 4.25. The highest BCUT2D eigenvalue weighted by Gasteiger charge is 2.57. The number of benzene rings is 2. The second-order valence-electron chi connectivity index (χ2n) is 6.51. The molecule has 5 heteroatoms. The van der Waals surface area contributed by atoms with Gasteiger partial charge in [-0.15, -0.1) is 0 Å². The molecule has 2 aromatic carbocycles. The first-order valence-corrected chi connectivity index (χ1v) is 8.18. The Morgan fingerprint density at radius 2 is 1.84 bits per heavy atom. The third kappa shape index (κ3) is 1.42. The van der Waals surface area contributed by atoms with Crippen LogP contribution in [0.25, 0.3) is 6.08 Å². The lowest BCUT2D eigenvalue weighted by molar-refractivity contribution is -0.121. The van der Waals surface area contributed by atoms with Crippen molar-refractivity contribution in [2.24, 2.45) is 0 Å². The molecule has 0 radical (unpaired) electrons.